The molecular formula is C13H19FN2OS. The predicted octanol–water partition coefficient (Wildman–Crippen LogP) is 2.62. The number of rotatable bonds is 5. The molecule has 0 aliphatic heterocycles. The first-order chi connectivity index (χ1) is 8.51. The summed E-state index contributed by atoms with van der Waals surface area (Å²) in [6, 6.07) is 4.17. The van der Waals surface area contributed by atoms with Crippen LogP contribution in [0, 0.1) is 5.82 Å². The van der Waals surface area contributed by atoms with Crippen molar-refractivity contribution in [1.29, 1.82) is 0 Å². The normalized spacial score (nSPS) is 12.2. The molecule has 1 unspecified atom stereocenters. The van der Waals surface area contributed by atoms with E-state index in [1.165, 1.54) is 18.2 Å². The quantitative estimate of drug-likeness (QED) is 0.837. The molecule has 1 aromatic rings. The van der Waals surface area contributed by atoms with E-state index in [-0.39, 0.29) is 17.5 Å². The molecule has 100 valence electrons. The Hall–Kier alpha value is -1.23. The van der Waals surface area contributed by atoms with Crippen LogP contribution in [0.15, 0.2) is 18.2 Å². The van der Waals surface area contributed by atoms with E-state index in [9.17, 15) is 9.18 Å². The number of nitrogens with zero attached hydrogens (tertiary/aromatic N) is 1. The Balaban J connectivity index is 2.95. The highest BCUT2D eigenvalue weighted by Gasteiger charge is 2.22. The summed E-state index contributed by atoms with van der Waals surface area (Å²) >= 11 is 1.67. The van der Waals surface area contributed by atoms with Gasteiger partial charge in [-0.25, -0.2) is 4.39 Å². The molecule has 5 heteroatoms. The molecule has 0 spiro atoms. The van der Waals surface area contributed by atoms with Crippen LogP contribution in [0.5, 0.6) is 0 Å². The Morgan fingerprint density at radius 3 is 2.78 bits per heavy atom. The fourth-order valence-electron chi connectivity index (χ4n) is 1.76. The van der Waals surface area contributed by atoms with Gasteiger partial charge in [0.15, 0.2) is 0 Å². The number of hydrogen-bond acceptors (Lipinski definition) is 3. The Kier molecular flexibility index (Phi) is 5.47. The van der Waals surface area contributed by atoms with Crippen molar-refractivity contribution >= 4 is 23.4 Å². The highest BCUT2D eigenvalue weighted by atomic mass is 32.2. The number of hydrogen-bond donors (Lipinski definition) is 1. The predicted molar refractivity (Wildman–Crippen MR) is 75.4 cm³/mol. The van der Waals surface area contributed by atoms with Gasteiger partial charge in [0.2, 0.25) is 0 Å². The summed E-state index contributed by atoms with van der Waals surface area (Å²) in [6.07, 6.45) is 2.83. The van der Waals surface area contributed by atoms with Crippen molar-refractivity contribution in [2.45, 2.75) is 19.4 Å². The minimum absolute atomic E-state index is 0.0389. The number of halogens is 1. The van der Waals surface area contributed by atoms with Crippen molar-refractivity contribution < 1.29 is 9.18 Å². The first-order valence-corrected chi connectivity index (χ1v) is 7.21. The topological polar surface area (TPSA) is 46.3 Å². The summed E-state index contributed by atoms with van der Waals surface area (Å²) < 4.78 is 13.6. The van der Waals surface area contributed by atoms with Crippen LogP contribution in [0.3, 0.4) is 0 Å². The third-order valence-electron chi connectivity index (χ3n) is 2.92. The monoisotopic (exact) mass is 270 g/mol. The lowest BCUT2D eigenvalue weighted by molar-refractivity contribution is 0.0739. The molecule has 0 aromatic heterocycles. The molecule has 2 N–H and O–H groups in total. The maximum absolute atomic E-state index is 13.6. The van der Waals surface area contributed by atoms with Gasteiger partial charge in [0.05, 0.1) is 5.56 Å². The Morgan fingerprint density at radius 2 is 2.22 bits per heavy atom. The molecule has 18 heavy (non-hydrogen) atoms. The smallest absolute Gasteiger partial charge is 0.256 e. The second kappa shape index (κ2) is 6.64. The Morgan fingerprint density at radius 1 is 1.56 bits per heavy atom. The fraction of sp³-hybridized carbons (Fsp3) is 0.462. The van der Waals surface area contributed by atoms with Crippen molar-refractivity contribution in [3.63, 3.8) is 0 Å². The highest BCUT2D eigenvalue weighted by molar-refractivity contribution is 7.98. The van der Waals surface area contributed by atoms with Gasteiger partial charge < -0.3 is 10.6 Å². The molecule has 0 heterocycles. The lowest BCUT2D eigenvalue weighted by Crippen LogP contribution is -2.38. The van der Waals surface area contributed by atoms with Gasteiger partial charge >= 0.3 is 0 Å². The molecule has 1 rings (SSSR count). The van der Waals surface area contributed by atoms with Gasteiger partial charge in [-0.1, -0.05) is 6.92 Å². The molecule has 1 atom stereocenters. The van der Waals surface area contributed by atoms with Crippen LogP contribution >= 0.6 is 11.8 Å². The van der Waals surface area contributed by atoms with Crippen molar-refractivity contribution in [1.82, 2.24) is 4.90 Å². The molecule has 0 bridgehead atoms. The third-order valence-corrected chi connectivity index (χ3v) is 3.64. The average molecular weight is 270 g/mol. The van der Waals surface area contributed by atoms with Crippen LogP contribution < -0.4 is 5.73 Å². The van der Waals surface area contributed by atoms with Crippen LogP contribution in [0.25, 0.3) is 0 Å². The number of carbonyl (C=O) groups excluding carboxylic acids is 1. The zero-order chi connectivity index (χ0) is 13.7. The second-order valence-corrected chi connectivity index (χ2v) is 5.08. The molecule has 0 saturated heterocycles. The maximum atomic E-state index is 13.6. The van der Waals surface area contributed by atoms with Crippen molar-refractivity contribution in [2.24, 2.45) is 0 Å². The van der Waals surface area contributed by atoms with Crippen LogP contribution in [-0.4, -0.2) is 35.9 Å². The minimum atomic E-state index is -0.528. The van der Waals surface area contributed by atoms with E-state index in [4.69, 9.17) is 5.73 Å². The number of carbonyl (C=O) groups is 1. The van der Waals surface area contributed by atoms with Crippen LogP contribution in [0.2, 0.25) is 0 Å². The molecule has 1 amide bonds. The standard InChI is InChI=1S/C13H19FN2OS/c1-4-10(8-18-3)16(2)13(17)11-7-9(15)5-6-12(11)14/h5-7,10H,4,8,15H2,1-3H3. The largest absolute Gasteiger partial charge is 0.399 e. The van der Waals surface area contributed by atoms with E-state index in [0.29, 0.717) is 5.69 Å². The van der Waals surface area contributed by atoms with Crippen molar-refractivity contribution in [2.75, 3.05) is 24.8 Å². The summed E-state index contributed by atoms with van der Waals surface area (Å²) in [5.41, 5.74) is 6.02. The molecule has 0 radical (unpaired) electrons. The third kappa shape index (κ3) is 3.38. The first-order valence-electron chi connectivity index (χ1n) is 5.82. The molecule has 1 aromatic carbocycles. The molecule has 0 aliphatic carbocycles. The zero-order valence-corrected chi connectivity index (χ0v) is 11.8. The lowest BCUT2D eigenvalue weighted by atomic mass is 10.1. The summed E-state index contributed by atoms with van der Waals surface area (Å²) in [4.78, 5) is 13.8. The van der Waals surface area contributed by atoms with Crippen LogP contribution in [0.1, 0.15) is 23.7 Å². The summed E-state index contributed by atoms with van der Waals surface area (Å²) in [6.45, 7) is 2.01. The SMILES string of the molecule is CCC(CSC)N(C)C(=O)c1cc(N)ccc1F. The van der Waals surface area contributed by atoms with E-state index in [1.807, 2.05) is 13.2 Å². The zero-order valence-electron chi connectivity index (χ0n) is 10.9. The number of nitrogen functional groups attached to an aromatic ring is 1. The highest BCUT2D eigenvalue weighted by Crippen LogP contribution is 2.17. The summed E-state index contributed by atoms with van der Waals surface area (Å²) in [5.74, 6) is -0.0105. The van der Waals surface area contributed by atoms with E-state index < -0.39 is 5.82 Å². The second-order valence-electron chi connectivity index (χ2n) is 4.17. The maximum Gasteiger partial charge on any atom is 0.256 e. The molecule has 0 aliphatic rings. The van der Waals surface area contributed by atoms with Gasteiger partial charge in [0, 0.05) is 24.5 Å². The first kappa shape index (κ1) is 14.8. The summed E-state index contributed by atoms with van der Waals surface area (Å²) in [5, 5.41) is 0. The van der Waals surface area contributed by atoms with Gasteiger partial charge in [-0.05, 0) is 30.9 Å². The number of thioether (sulfide) groups is 1. The Labute approximate surface area is 112 Å². The van der Waals surface area contributed by atoms with Gasteiger partial charge in [-0.3, -0.25) is 4.79 Å². The Bertz CT molecular complexity index is 425. The van der Waals surface area contributed by atoms with Gasteiger partial charge in [0.1, 0.15) is 5.82 Å². The fourth-order valence-corrected chi connectivity index (χ4v) is 2.60. The lowest BCUT2D eigenvalue weighted by Gasteiger charge is -2.27. The van der Waals surface area contributed by atoms with E-state index in [0.717, 1.165) is 12.2 Å². The minimum Gasteiger partial charge on any atom is -0.399 e. The molecule has 0 fully saturated rings. The van der Waals surface area contributed by atoms with Crippen molar-refractivity contribution in [3.8, 4) is 0 Å². The van der Waals surface area contributed by atoms with Crippen molar-refractivity contribution in [3.05, 3.63) is 29.6 Å². The van der Waals surface area contributed by atoms with Gasteiger partial charge in [-0.15, -0.1) is 0 Å². The van der Waals surface area contributed by atoms with E-state index in [2.05, 4.69) is 0 Å². The number of benzene rings is 1. The number of nitrogens with two attached hydrogens (primary N) is 1. The van der Waals surface area contributed by atoms with Gasteiger partial charge in [-0.2, -0.15) is 11.8 Å². The van der Waals surface area contributed by atoms with Gasteiger partial charge in [0.25, 0.3) is 5.91 Å². The van der Waals surface area contributed by atoms with E-state index in [1.54, 1.807) is 23.7 Å². The molecule has 0 saturated carbocycles. The number of anilines is 1. The van der Waals surface area contributed by atoms with E-state index >= 15 is 0 Å². The van der Waals surface area contributed by atoms with Crippen LogP contribution in [-0.2, 0) is 0 Å². The van der Waals surface area contributed by atoms with Crippen LogP contribution in [0.4, 0.5) is 10.1 Å². The average Bonchev–Trinajstić information content (AvgIpc) is 2.37. The molecule has 3 nitrogen and oxygen atoms in total. The molecular weight excluding hydrogens is 251 g/mol. The number of amides is 1. The summed E-state index contributed by atoms with van der Waals surface area (Å²) in [7, 11) is 1.70.